The van der Waals surface area contributed by atoms with E-state index < -0.39 is 5.95 Å². The minimum absolute atomic E-state index is 0.297. The molecule has 33 heavy (non-hydrogen) atoms. The monoisotopic (exact) mass is 456 g/mol. The number of rotatable bonds is 3. The zero-order chi connectivity index (χ0) is 22.6. The number of fused-ring (bicyclic) bond motifs is 2. The van der Waals surface area contributed by atoms with Crippen LogP contribution in [0.1, 0.15) is 29.7 Å². The van der Waals surface area contributed by atoms with Crippen molar-refractivity contribution >= 4 is 36.8 Å². The molecule has 0 atom stereocenters. The molecule has 164 valence electrons. The van der Waals surface area contributed by atoms with Crippen LogP contribution in [-0.4, -0.2) is 45.3 Å². The van der Waals surface area contributed by atoms with E-state index in [4.69, 9.17) is 12.8 Å². The smallest absolute Gasteiger partial charge is 0.216 e. The average molecular weight is 456 g/mol. The van der Waals surface area contributed by atoms with Crippen LogP contribution >= 0.6 is 11.8 Å². The van der Waals surface area contributed by atoms with Crippen LogP contribution in [0.3, 0.4) is 0 Å². The highest BCUT2D eigenvalue weighted by atomic mass is 32.2. The van der Waals surface area contributed by atoms with Gasteiger partial charge in [-0.3, -0.25) is 9.38 Å². The number of nitrogens with zero attached hydrogens (tertiary/aromatic N) is 6. The van der Waals surface area contributed by atoms with Crippen LogP contribution in [-0.2, 0) is 12.8 Å². The molecule has 0 bridgehead atoms. The summed E-state index contributed by atoms with van der Waals surface area (Å²) in [4.78, 5) is 21.4. The first-order valence-electron chi connectivity index (χ1n) is 11.1. The molecule has 2 radical (unpaired) electrons. The Morgan fingerprint density at radius 2 is 1.91 bits per heavy atom. The van der Waals surface area contributed by atoms with Crippen LogP contribution in [0, 0.1) is 18.3 Å². The molecule has 0 aromatic carbocycles. The Kier molecular flexibility index (Phi) is 4.90. The first-order chi connectivity index (χ1) is 16.0. The Morgan fingerprint density at radius 1 is 1.06 bits per heavy atom. The van der Waals surface area contributed by atoms with Crippen molar-refractivity contribution in [3.63, 3.8) is 0 Å². The van der Waals surface area contributed by atoms with Gasteiger partial charge < -0.3 is 4.90 Å². The fourth-order valence-electron chi connectivity index (χ4n) is 5.14. The molecule has 1 fully saturated rings. The minimum atomic E-state index is -0.478. The van der Waals surface area contributed by atoms with E-state index in [0.717, 1.165) is 60.2 Å². The van der Waals surface area contributed by atoms with Gasteiger partial charge >= 0.3 is 0 Å². The van der Waals surface area contributed by atoms with Crippen LogP contribution in [0.4, 0.5) is 10.3 Å². The maximum absolute atomic E-state index is 14.0. The average Bonchev–Trinajstić information content (AvgIpc) is 3.44. The van der Waals surface area contributed by atoms with E-state index in [1.54, 1.807) is 19.2 Å². The largest absolute Gasteiger partial charge is 0.342 e. The van der Waals surface area contributed by atoms with E-state index >= 15 is 0 Å². The second-order valence-electron chi connectivity index (χ2n) is 9.02. The Hall–Kier alpha value is -2.94. The van der Waals surface area contributed by atoms with Gasteiger partial charge in [0, 0.05) is 59.6 Å². The van der Waals surface area contributed by atoms with Crippen molar-refractivity contribution < 1.29 is 4.39 Å². The van der Waals surface area contributed by atoms with Crippen molar-refractivity contribution in [3.05, 3.63) is 65.8 Å². The van der Waals surface area contributed by atoms with Crippen LogP contribution in [0.25, 0.3) is 5.65 Å². The summed E-state index contributed by atoms with van der Waals surface area (Å²) in [6.45, 7) is 3.54. The van der Waals surface area contributed by atoms with Crippen molar-refractivity contribution in [2.24, 2.45) is 5.41 Å². The summed E-state index contributed by atoms with van der Waals surface area (Å²) in [6.07, 6.45) is 11.4. The molecule has 1 aliphatic heterocycles. The van der Waals surface area contributed by atoms with Crippen molar-refractivity contribution in [2.75, 3.05) is 18.0 Å². The number of imidazole rings is 1. The van der Waals surface area contributed by atoms with E-state index in [1.165, 1.54) is 29.2 Å². The lowest BCUT2D eigenvalue weighted by atomic mass is 9.76. The maximum Gasteiger partial charge on any atom is 0.216 e. The van der Waals surface area contributed by atoms with Gasteiger partial charge in [-0.15, -0.1) is 0 Å². The zero-order valence-electron chi connectivity index (χ0n) is 18.3. The fourth-order valence-corrected chi connectivity index (χ4v) is 6.12. The number of piperidine rings is 1. The second-order valence-corrected chi connectivity index (χ2v) is 10.1. The van der Waals surface area contributed by atoms with Gasteiger partial charge in [0.15, 0.2) is 5.65 Å². The normalized spacial score (nSPS) is 17.1. The number of hydrogen-bond acceptors (Lipinski definition) is 6. The highest BCUT2D eigenvalue weighted by molar-refractivity contribution is 7.99. The van der Waals surface area contributed by atoms with Crippen molar-refractivity contribution in [2.45, 2.75) is 42.4 Å². The van der Waals surface area contributed by atoms with Gasteiger partial charge in [0.25, 0.3) is 0 Å². The summed E-state index contributed by atoms with van der Waals surface area (Å²) in [5.74, 6) is 0.333. The third-order valence-corrected chi connectivity index (χ3v) is 8.27. The van der Waals surface area contributed by atoms with Crippen molar-refractivity contribution in [3.8, 4) is 0 Å². The van der Waals surface area contributed by atoms with Crippen LogP contribution in [0.2, 0.25) is 0 Å². The lowest BCUT2D eigenvalue weighted by Crippen LogP contribution is -2.42. The quantitative estimate of drug-likeness (QED) is 0.348. The molecule has 6 nitrogen and oxygen atoms in total. The van der Waals surface area contributed by atoms with Gasteiger partial charge in [0.1, 0.15) is 7.85 Å². The van der Waals surface area contributed by atoms with Gasteiger partial charge in [-0.2, -0.15) is 4.39 Å². The standard InChI is InChI=1S/C24H22BFN6S/c1-15-18(4-8-28-21(15)26)33-19-20(25)30-23(32-12-9-29-22(19)32)31-10-5-24(6-11-31)13-16-3-2-7-27-17(16)14-24/h2-4,7-9,12H,5-6,10-11,13-14H2,1H3. The van der Waals surface area contributed by atoms with Gasteiger partial charge in [-0.05, 0) is 55.7 Å². The molecule has 9 heteroatoms. The highest BCUT2D eigenvalue weighted by Gasteiger charge is 2.41. The first-order valence-corrected chi connectivity index (χ1v) is 11.9. The molecule has 0 amide bonds. The minimum Gasteiger partial charge on any atom is -0.342 e. The third-order valence-electron chi connectivity index (χ3n) is 7.02. The van der Waals surface area contributed by atoms with Gasteiger partial charge in [0.05, 0.1) is 4.90 Å². The predicted octanol–water partition coefficient (Wildman–Crippen LogP) is 3.30. The highest BCUT2D eigenvalue weighted by Crippen LogP contribution is 2.44. The van der Waals surface area contributed by atoms with Crippen molar-refractivity contribution in [1.82, 2.24) is 24.3 Å². The van der Waals surface area contributed by atoms with Crippen LogP contribution in [0.15, 0.2) is 52.8 Å². The van der Waals surface area contributed by atoms with Gasteiger partial charge in [-0.25, -0.2) is 15.0 Å². The Morgan fingerprint density at radius 3 is 2.73 bits per heavy atom. The maximum atomic E-state index is 14.0. The first kappa shape index (κ1) is 20.7. The van der Waals surface area contributed by atoms with Crippen LogP contribution < -0.4 is 10.5 Å². The van der Waals surface area contributed by atoms with Gasteiger partial charge in [0.2, 0.25) is 11.9 Å². The van der Waals surface area contributed by atoms with E-state index in [1.807, 2.05) is 22.9 Å². The van der Waals surface area contributed by atoms with E-state index in [0.29, 0.717) is 16.6 Å². The molecule has 1 aliphatic carbocycles. The summed E-state index contributed by atoms with van der Waals surface area (Å²) in [7, 11) is 6.43. The van der Waals surface area contributed by atoms with Crippen LogP contribution in [0.5, 0.6) is 0 Å². The summed E-state index contributed by atoms with van der Waals surface area (Å²) in [6, 6.07) is 6.04. The molecular formula is C24H22BFN6S. The SMILES string of the molecule is [B]c1nc(N2CCC3(CC2)Cc2cccnc2C3)n2ccnc2c1Sc1ccnc(F)c1C. The zero-order valence-corrected chi connectivity index (χ0v) is 19.1. The number of hydrogen-bond donors (Lipinski definition) is 0. The molecule has 5 heterocycles. The second kappa shape index (κ2) is 7.83. The van der Waals surface area contributed by atoms with E-state index in [-0.39, 0.29) is 0 Å². The Labute approximate surface area is 197 Å². The molecule has 0 saturated carbocycles. The molecule has 4 aromatic rings. The Bertz CT molecular complexity index is 1340. The Balaban J connectivity index is 1.28. The number of pyridine rings is 2. The summed E-state index contributed by atoms with van der Waals surface area (Å²) >= 11 is 1.38. The molecule has 6 rings (SSSR count). The lowest BCUT2D eigenvalue weighted by molar-refractivity contribution is 0.230. The molecule has 4 aromatic heterocycles. The van der Waals surface area contributed by atoms with E-state index in [9.17, 15) is 4.39 Å². The molecule has 2 aliphatic rings. The topological polar surface area (TPSA) is 59.2 Å². The summed E-state index contributed by atoms with van der Waals surface area (Å²) in [5, 5.41) is 0. The van der Waals surface area contributed by atoms with Gasteiger partial charge in [-0.1, -0.05) is 17.8 Å². The van der Waals surface area contributed by atoms with Crippen molar-refractivity contribution in [1.29, 1.82) is 0 Å². The summed E-state index contributed by atoms with van der Waals surface area (Å²) < 4.78 is 15.9. The molecule has 1 spiro atoms. The summed E-state index contributed by atoms with van der Waals surface area (Å²) in [5.41, 5.74) is 4.58. The molecule has 0 unspecified atom stereocenters. The predicted molar refractivity (Wildman–Crippen MR) is 127 cm³/mol. The number of aromatic nitrogens is 5. The third kappa shape index (κ3) is 3.49. The number of halogens is 1. The van der Waals surface area contributed by atoms with E-state index in [2.05, 4.69) is 25.9 Å². The number of anilines is 1. The lowest BCUT2D eigenvalue weighted by Gasteiger charge is -2.40. The molecule has 0 N–H and O–H groups in total. The fraction of sp³-hybridized carbons (Fsp3) is 0.333. The molecule has 1 saturated heterocycles. The molecular weight excluding hydrogens is 434 g/mol.